The van der Waals surface area contributed by atoms with E-state index < -0.39 is 12.6 Å². The fraction of sp³-hybridized carbons (Fsp3) is 0.917. The van der Waals surface area contributed by atoms with Gasteiger partial charge in [-0.1, -0.05) is 0 Å². The van der Waals surface area contributed by atoms with Gasteiger partial charge in [-0.25, -0.2) is 0 Å². The van der Waals surface area contributed by atoms with Gasteiger partial charge in [0, 0.05) is 19.4 Å². The van der Waals surface area contributed by atoms with Crippen LogP contribution in [-0.2, 0) is 4.79 Å². The number of hydrogen-bond donors (Lipinski definition) is 2. The Morgan fingerprint density at radius 2 is 1.89 bits per heavy atom. The molecule has 0 bridgehead atoms. The Morgan fingerprint density at radius 1 is 1.22 bits per heavy atom. The lowest BCUT2D eigenvalue weighted by Crippen LogP contribution is -2.32. The van der Waals surface area contributed by atoms with Crippen LogP contribution in [0.1, 0.15) is 38.5 Å². The van der Waals surface area contributed by atoms with E-state index in [0.29, 0.717) is 25.3 Å². The van der Waals surface area contributed by atoms with E-state index in [1.54, 1.807) is 0 Å². The third-order valence-electron chi connectivity index (χ3n) is 3.14. The molecule has 0 radical (unpaired) electrons. The lowest BCUT2D eigenvalue weighted by atomic mass is 9.94. The first-order valence-corrected chi connectivity index (χ1v) is 6.51. The summed E-state index contributed by atoms with van der Waals surface area (Å²) in [5, 5.41) is 5.91. The summed E-state index contributed by atoms with van der Waals surface area (Å²) < 4.78 is 35.6. The monoisotopic (exact) mass is 266 g/mol. The van der Waals surface area contributed by atoms with Crippen LogP contribution in [0, 0.1) is 5.92 Å². The first kappa shape index (κ1) is 15.3. The normalized spacial score (nSPS) is 17.7. The van der Waals surface area contributed by atoms with Crippen LogP contribution in [0.2, 0.25) is 0 Å². The molecule has 0 aromatic heterocycles. The lowest BCUT2D eigenvalue weighted by Gasteiger charge is -2.21. The van der Waals surface area contributed by atoms with Gasteiger partial charge in [0.25, 0.3) is 0 Å². The van der Waals surface area contributed by atoms with Gasteiger partial charge in [-0.3, -0.25) is 4.79 Å². The predicted octanol–water partition coefficient (Wildman–Crippen LogP) is 2.22. The Bertz CT molecular complexity index is 250. The highest BCUT2D eigenvalue weighted by Gasteiger charge is 2.25. The van der Waals surface area contributed by atoms with Gasteiger partial charge in [-0.2, -0.15) is 13.2 Å². The summed E-state index contributed by atoms with van der Waals surface area (Å²) in [5.41, 5.74) is 0. The van der Waals surface area contributed by atoms with E-state index in [9.17, 15) is 18.0 Å². The summed E-state index contributed by atoms with van der Waals surface area (Å²) in [6, 6.07) is 0. The van der Waals surface area contributed by atoms with Gasteiger partial charge in [0.05, 0.1) is 0 Å². The average molecular weight is 266 g/mol. The third-order valence-corrected chi connectivity index (χ3v) is 3.14. The first-order valence-electron chi connectivity index (χ1n) is 6.51. The van der Waals surface area contributed by atoms with Crippen molar-refractivity contribution in [3.8, 4) is 0 Å². The summed E-state index contributed by atoms with van der Waals surface area (Å²) >= 11 is 0. The van der Waals surface area contributed by atoms with E-state index in [1.807, 2.05) is 0 Å². The zero-order chi connectivity index (χ0) is 13.4. The van der Waals surface area contributed by atoms with Crippen molar-refractivity contribution >= 4 is 5.91 Å². The van der Waals surface area contributed by atoms with Crippen LogP contribution in [0.15, 0.2) is 0 Å². The largest absolute Gasteiger partial charge is 0.389 e. The molecule has 0 spiro atoms. The van der Waals surface area contributed by atoms with Crippen LogP contribution >= 0.6 is 0 Å². The minimum Gasteiger partial charge on any atom is -0.356 e. The molecule has 0 aromatic rings. The molecular formula is C12H21F3N2O. The van der Waals surface area contributed by atoms with Gasteiger partial charge >= 0.3 is 6.18 Å². The van der Waals surface area contributed by atoms with E-state index in [2.05, 4.69) is 10.6 Å². The smallest absolute Gasteiger partial charge is 0.356 e. The third kappa shape index (κ3) is 7.53. The minimum absolute atomic E-state index is 0.0334. The summed E-state index contributed by atoms with van der Waals surface area (Å²) in [7, 11) is 0. The van der Waals surface area contributed by atoms with Crippen molar-refractivity contribution in [2.45, 2.75) is 44.7 Å². The average Bonchev–Trinajstić information content (AvgIpc) is 2.28. The van der Waals surface area contributed by atoms with Crippen LogP contribution in [-0.4, -0.2) is 31.7 Å². The van der Waals surface area contributed by atoms with Crippen molar-refractivity contribution in [1.29, 1.82) is 0 Å². The molecule has 0 aromatic carbocycles. The molecule has 106 valence electrons. The number of rotatable bonds is 6. The Morgan fingerprint density at radius 3 is 2.50 bits per heavy atom. The quantitative estimate of drug-likeness (QED) is 0.724. The zero-order valence-corrected chi connectivity index (χ0v) is 10.5. The second-order valence-electron chi connectivity index (χ2n) is 4.82. The van der Waals surface area contributed by atoms with Gasteiger partial charge in [0.15, 0.2) is 0 Å². The summed E-state index contributed by atoms with van der Waals surface area (Å²) in [5.74, 6) is 0.385. The molecule has 18 heavy (non-hydrogen) atoms. The fourth-order valence-corrected chi connectivity index (χ4v) is 2.10. The molecule has 6 heteroatoms. The van der Waals surface area contributed by atoms with Crippen molar-refractivity contribution in [3.05, 3.63) is 0 Å². The molecule has 1 fully saturated rings. The number of hydrogen-bond acceptors (Lipinski definition) is 2. The zero-order valence-electron chi connectivity index (χ0n) is 10.5. The van der Waals surface area contributed by atoms with Crippen molar-refractivity contribution in [1.82, 2.24) is 10.6 Å². The van der Waals surface area contributed by atoms with Crippen molar-refractivity contribution < 1.29 is 18.0 Å². The molecule has 1 aliphatic heterocycles. The van der Waals surface area contributed by atoms with E-state index in [1.165, 1.54) is 0 Å². The molecule has 1 saturated heterocycles. The summed E-state index contributed by atoms with van der Waals surface area (Å²) in [4.78, 5) is 11.5. The highest BCUT2D eigenvalue weighted by atomic mass is 19.4. The van der Waals surface area contributed by atoms with Crippen LogP contribution in [0.3, 0.4) is 0 Å². The fourth-order valence-electron chi connectivity index (χ4n) is 2.10. The Balaban J connectivity index is 1.99. The number of amides is 1. The van der Waals surface area contributed by atoms with Crippen LogP contribution < -0.4 is 10.6 Å². The van der Waals surface area contributed by atoms with E-state index in [4.69, 9.17) is 0 Å². The molecule has 2 N–H and O–H groups in total. The molecule has 0 aliphatic carbocycles. The molecule has 1 rings (SSSR count). The number of unbranched alkanes of at least 4 members (excludes halogenated alkanes) is 1. The lowest BCUT2D eigenvalue weighted by molar-refractivity contribution is -0.135. The van der Waals surface area contributed by atoms with Gasteiger partial charge in [-0.05, 0) is 44.7 Å². The van der Waals surface area contributed by atoms with Crippen molar-refractivity contribution in [2.24, 2.45) is 5.92 Å². The minimum atomic E-state index is -4.08. The maximum absolute atomic E-state index is 11.9. The summed E-state index contributed by atoms with van der Waals surface area (Å²) in [6.07, 6.45) is -1.88. The highest BCUT2D eigenvalue weighted by molar-refractivity contribution is 5.76. The molecule has 0 unspecified atom stereocenters. The van der Waals surface area contributed by atoms with Crippen molar-refractivity contribution in [3.63, 3.8) is 0 Å². The van der Waals surface area contributed by atoms with Crippen LogP contribution in [0.25, 0.3) is 0 Å². The summed E-state index contributed by atoms with van der Waals surface area (Å²) in [6.45, 7) is 2.24. The molecule has 1 heterocycles. The Hall–Kier alpha value is -0.780. The number of carbonyl (C=O) groups excluding carboxylic acids is 1. The van der Waals surface area contributed by atoms with Crippen molar-refractivity contribution in [2.75, 3.05) is 19.6 Å². The second-order valence-corrected chi connectivity index (χ2v) is 4.82. The topological polar surface area (TPSA) is 41.1 Å². The number of carbonyl (C=O) groups is 1. The molecule has 1 amide bonds. The highest BCUT2D eigenvalue weighted by Crippen LogP contribution is 2.21. The SMILES string of the molecule is O=C(CC1CCNCC1)NCCCCC(F)(F)F. The van der Waals surface area contributed by atoms with Crippen LogP contribution in [0.5, 0.6) is 0 Å². The molecule has 0 saturated carbocycles. The number of nitrogens with one attached hydrogen (secondary N) is 2. The Kier molecular flexibility index (Phi) is 6.46. The van der Waals surface area contributed by atoms with E-state index in [0.717, 1.165) is 25.9 Å². The standard InChI is InChI=1S/C12H21F3N2O/c13-12(14,15)5-1-2-6-17-11(18)9-10-3-7-16-8-4-10/h10,16H,1-9H2,(H,17,18). The van der Waals surface area contributed by atoms with Gasteiger partial charge < -0.3 is 10.6 Å². The predicted molar refractivity (Wildman–Crippen MR) is 63.1 cm³/mol. The number of alkyl halides is 3. The molecule has 3 nitrogen and oxygen atoms in total. The number of piperidine rings is 1. The van der Waals surface area contributed by atoms with Gasteiger partial charge in [0.1, 0.15) is 0 Å². The maximum atomic E-state index is 11.9. The Labute approximate surface area is 106 Å². The molecule has 0 atom stereocenters. The van der Waals surface area contributed by atoms with Crippen LogP contribution in [0.4, 0.5) is 13.2 Å². The van der Waals surface area contributed by atoms with E-state index in [-0.39, 0.29) is 12.3 Å². The number of halogens is 3. The maximum Gasteiger partial charge on any atom is 0.389 e. The second kappa shape index (κ2) is 7.61. The van der Waals surface area contributed by atoms with Gasteiger partial charge in [-0.15, -0.1) is 0 Å². The van der Waals surface area contributed by atoms with Gasteiger partial charge in [0.2, 0.25) is 5.91 Å². The molecular weight excluding hydrogens is 245 g/mol. The molecule has 1 aliphatic rings. The first-order chi connectivity index (χ1) is 8.47. The van der Waals surface area contributed by atoms with E-state index >= 15 is 0 Å².